The largest absolute Gasteiger partial charge is 0.497 e. The second-order valence-electron chi connectivity index (χ2n) is 7.36. The standard InChI is InChI=1S/C23H22ClN3O3S/c1-14-19(24)5-4-6-20(14)26-12-27-22(28)10-16(18(11-25)23(27)31-13-26)17-9-15(29-2)7-8-21(17)30-3/h4-9,16H,10,12-13H2,1-3H3/t16-/m0/s1. The molecule has 2 heterocycles. The Balaban J connectivity index is 1.72. The van der Waals surface area contributed by atoms with Crippen molar-refractivity contribution in [2.45, 2.75) is 19.3 Å². The summed E-state index contributed by atoms with van der Waals surface area (Å²) >= 11 is 7.79. The van der Waals surface area contributed by atoms with Gasteiger partial charge >= 0.3 is 0 Å². The maximum atomic E-state index is 13.2. The molecule has 2 aliphatic heterocycles. The second kappa shape index (κ2) is 8.74. The molecule has 1 amide bonds. The van der Waals surface area contributed by atoms with Crippen LogP contribution < -0.4 is 14.4 Å². The lowest BCUT2D eigenvalue weighted by molar-refractivity contribution is -0.129. The number of benzene rings is 2. The Bertz CT molecular complexity index is 1110. The molecule has 0 N–H and O–H groups in total. The van der Waals surface area contributed by atoms with E-state index < -0.39 is 0 Å². The van der Waals surface area contributed by atoms with Crippen molar-refractivity contribution >= 4 is 35.0 Å². The number of hydrogen-bond donors (Lipinski definition) is 0. The summed E-state index contributed by atoms with van der Waals surface area (Å²) in [5.74, 6) is 1.51. The van der Waals surface area contributed by atoms with Gasteiger partial charge in [0.05, 0.1) is 43.4 Å². The molecule has 0 bridgehead atoms. The number of fused-ring (bicyclic) bond motifs is 1. The summed E-state index contributed by atoms with van der Waals surface area (Å²) < 4.78 is 10.9. The van der Waals surface area contributed by atoms with Crippen molar-refractivity contribution in [2.24, 2.45) is 0 Å². The Morgan fingerprint density at radius 3 is 2.74 bits per heavy atom. The molecule has 2 aromatic carbocycles. The quantitative estimate of drug-likeness (QED) is 0.654. The molecule has 1 saturated heterocycles. The van der Waals surface area contributed by atoms with E-state index in [1.54, 1.807) is 25.2 Å². The van der Waals surface area contributed by atoms with Crippen LogP contribution in [0.1, 0.15) is 23.5 Å². The number of carbonyl (C=O) groups excluding carboxylic acids is 1. The van der Waals surface area contributed by atoms with Crippen molar-refractivity contribution in [2.75, 3.05) is 31.7 Å². The van der Waals surface area contributed by atoms with E-state index in [4.69, 9.17) is 21.1 Å². The molecule has 2 aliphatic rings. The first-order chi connectivity index (χ1) is 15.0. The number of thioether (sulfide) groups is 1. The number of hydrogen-bond acceptors (Lipinski definition) is 6. The third-order valence-electron chi connectivity index (χ3n) is 5.69. The lowest BCUT2D eigenvalue weighted by Gasteiger charge is -2.42. The van der Waals surface area contributed by atoms with Crippen molar-refractivity contribution in [3.63, 3.8) is 0 Å². The number of rotatable bonds is 4. The first-order valence-corrected chi connectivity index (χ1v) is 11.1. The van der Waals surface area contributed by atoms with Gasteiger partial charge in [-0.3, -0.25) is 9.69 Å². The zero-order chi connectivity index (χ0) is 22.1. The van der Waals surface area contributed by atoms with Gasteiger partial charge in [-0.25, -0.2) is 0 Å². The Morgan fingerprint density at radius 1 is 1.23 bits per heavy atom. The van der Waals surface area contributed by atoms with Crippen LogP contribution in [0.5, 0.6) is 11.5 Å². The van der Waals surface area contributed by atoms with E-state index in [1.807, 2.05) is 37.3 Å². The number of nitriles is 1. The number of amides is 1. The maximum Gasteiger partial charge on any atom is 0.229 e. The lowest BCUT2D eigenvalue weighted by Crippen LogP contribution is -2.47. The number of ether oxygens (including phenoxy) is 2. The highest BCUT2D eigenvalue weighted by molar-refractivity contribution is 8.03. The van der Waals surface area contributed by atoms with Gasteiger partial charge in [0.2, 0.25) is 5.91 Å². The van der Waals surface area contributed by atoms with Crippen LogP contribution in [0.15, 0.2) is 47.0 Å². The zero-order valence-corrected chi connectivity index (χ0v) is 19.1. The predicted octanol–water partition coefficient (Wildman–Crippen LogP) is 4.89. The van der Waals surface area contributed by atoms with Crippen LogP contribution in [-0.4, -0.2) is 37.6 Å². The number of allylic oxidation sites excluding steroid dienone is 1. The smallest absolute Gasteiger partial charge is 0.229 e. The van der Waals surface area contributed by atoms with E-state index in [9.17, 15) is 10.1 Å². The summed E-state index contributed by atoms with van der Waals surface area (Å²) in [7, 11) is 3.18. The summed E-state index contributed by atoms with van der Waals surface area (Å²) in [6, 6.07) is 13.6. The molecule has 1 atom stereocenters. The fourth-order valence-electron chi connectivity index (χ4n) is 4.03. The van der Waals surface area contributed by atoms with E-state index in [0.29, 0.717) is 39.7 Å². The number of halogens is 1. The molecule has 160 valence electrons. The lowest BCUT2D eigenvalue weighted by atomic mass is 9.86. The van der Waals surface area contributed by atoms with Gasteiger partial charge in [0.1, 0.15) is 11.5 Å². The second-order valence-corrected chi connectivity index (χ2v) is 8.70. The Labute approximate surface area is 191 Å². The molecule has 31 heavy (non-hydrogen) atoms. The highest BCUT2D eigenvalue weighted by Crippen LogP contribution is 2.46. The third-order valence-corrected chi connectivity index (χ3v) is 7.25. The minimum absolute atomic E-state index is 0.0271. The molecule has 6 nitrogen and oxygen atoms in total. The molecular formula is C23H22ClN3O3S. The third kappa shape index (κ3) is 3.82. The molecule has 0 aliphatic carbocycles. The van der Waals surface area contributed by atoms with Crippen LogP contribution in [0, 0.1) is 18.3 Å². The molecule has 4 rings (SSSR count). The average Bonchev–Trinajstić information content (AvgIpc) is 2.80. The van der Waals surface area contributed by atoms with Crippen LogP contribution in [0.4, 0.5) is 5.69 Å². The molecule has 0 saturated carbocycles. The number of anilines is 1. The normalized spacial score (nSPS) is 18.5. The Hall–Kier alpha value is -2.82. The van der Waals surface area contributed by atoms with Gasteiger partial charge in [0, 0.05) is 28.6 Å². The van der Waals surface area contributed by atoms with Crippen molar-refractivity contribution in [3.8, 4) is 17.6 Å². The van der Waals surface area contributed by atoms with E-state index >= 15 is 0 Å². The molecule has 0 spiro atoms. The predicted molar refractivity (Wildman–Crippen MR) is 122 cm³/mol. The maximum absolute atomic E-state index is 13.2. The van der Waals surface area contributed by atoms with Gasteiger partial charge in [-0.2, -0.15) is 5.26 Å². The van der Waals surface area contributed by atoms with Gasteiger partial charge in [0.25, 0.3) is 0 Å². The number of carbonyl (C=O) groups is 1. The monoisotopic (exact) mass is 455 g/mol. The van der Waals surface area contributed by atoms with E-state index in [0.717, 1.165) is 16.8 Å². The van der Waals surface area contributed by atoms with Crippen molar-refractivity contribution in [1.29, 1.82) is 5.26 Å². The van der Waals surface area contributed by atoms with Crippen LogP contribution in [0.25, 0.3) is 0 Å². The van der Waals surface area contributed by atoms with Crippen molar-refractivity contribution in [3.05, 3.63) is 63.1 Å². The zero-order valence-electron chi connectivity index (χ0n) is 17.5. The van der Waals surface area contributed by atoms with E-state index in [1.165, 1.54) is 11.8 Å². The molecule has 8 heteroatoms. The van der Waals surface area contributed by atoms with Gasteiger partial charge in [-0.05, 0) is 42.8 Å². The highest BCUT2D eigenvalue weighted by Gasteiger charge is 2.39. The molecule has 1 fully saturated rings. The summed E-state index contributed by atoms with van der Waals surface area (Å²) in [5.41, 5.74) is 3.33. The van der Waals surface area contributed by atoms with Crippen LogP contribution >= 0.6 is 23.4 Å². The van der Waals surface area contributed by atoms with Gasteiger partial charge in [0.15, 0.2) is 0 Å². The molecule has 2 aromatic rings. The highest BCUT2D eigenvalue weighted by atomic mass is 35.5. The summed E-state index contributed by atoms with van der Waals surface area (Å²) in [4.78, 5) is 17.0. The van der Waals surface area contributed by atoms with Gasteiger partial charge in [-0.15, -0.1) is 0 Å². The fraction of sp³-hybridized carbons (Fsp3) is 0.304. The number of nitrogens with zero attached hydrogens (tertiary/aromatic N) is 3. The average molecular weight is 456 g/mol. The first kappa shape index (κ1) is 21.4. The van der Waals surface area contributed by atoms with Crippen molar-refractivity contribution < 1.29 is 14.3 Å². The van der Waals surface area contributed by atoms with Crippen LogP contribution in [-0.2, 0) is 4.79 Å². The molecule has 0 unspecified atom stereocenters. The van der Waals surface area contributed by atoms with Crippen molar-refractivity contribution in [1.82, 2.24) is 4.90 Å². The first-order valence-electron chi connectivity index (χ1n) is 9.77. The molecule has 0 aromatic heterocycles. The Morgan fingerprint density at radius 2 is 2.03 bits per heavy atom. The number of methoxy groups -OCH3 is 2. The van der Waals surface area contributed by atoms with E-state index in [-0.39, 0.29) is 18.2 Å². The fourth-order valence-corrected chi connectivity index (χ4v) is 5.36. The summed E-state index contributed by atoms with van der Waals surface area (Å²) in [6.45, 7) is 2.35. The molecular weight excluding hydrogens is 434 g/mol. The summed E-state index contributed by atoms with van der Waals surface area (Å²) in [5, 5.41) is 11.4. The van der Waals surface area contributed by atoms with Crippen LogP contribution in [0.3, 0.4) is 0 Å². The van der Waals surface area contributed by atoms with E-state index in [2.05, 4.69) is 11.0 Å². The minimum Gasteiger partial charge on any atom is -0.497 e. The summed E-state index contributed by atoms with van der Waals surface area (Å²) in [6.07, 6.45) is 0.193. The van der Waals surface area contributed by atoms with Gasteiger partial charge in [-0.1, -0.05) is 29.4 Å². The SMILES string of the molecule is COc1ccc(OC)c([C@@H]2CC(=O)N3CN(c4cccc(Cl)c4C)CSC3=C2C#N)c1. The minimum atomic E-state index is -0.374. The topological polar surface area (TPSA) is 65.8 Å². The molecule has 0 radical (unpaired) electrons. The van der Waals surface area contributed by atoms with Crippen LogP contribution in [0.2, 0.25) is 5.02 Å². The Kier molecular flexibility index (Phi) is 6.03. The van der Waals surface area contributed by atoms with Gasteiger partial charge < -0.3 is 14.4 Å².